The minimum absolute atomic E-state index is 0.0223. The molecule has 0 N–H and O–H groups in total. The highest BCUT2D eigenvalue weighted by atomic mass is 16.5. The van der Waals surface area contributed by atoms with Gasteiger partial charge >= 0.3 is 5.97 Å². The molecule has 0 spiro atoms. The molecule has 0 amide bonds. The van der Waals surface area contributed by atoms with Gasteiger partial charge in [0.1, 0.15) is 0 Å². The van der Waals surface area contributed by atoms with Crippen molar-refractivity contribution < 1.29 is 9.53 Å². The van der Waals surface area contributed by atoms with E-state index in [1.54, 1.807) is 0 Å². The predicted octanol–water partition coefficient (Wildman–Crippen LogP) is 4.82. The van der Waals surface area contributed by atoms with Crippen molar-refractivity contribution >= 4 is 5.97 Å². The molecule has 0 bridgehead atoms. The Morgan fingerprint density at radius 2 is 1.50 bits per heavy atom. The first-order valence-electron chi connectivity index (χ1n) is 7.60. The van der Waals surface area contributed by atoms with Gasteiger partial charge in [0.05, 0.1) is 12.5 Å². The van der Waals surface area contributed by atoms with Gasteiger partial charge in [-0.25, -0.2) is 0 Å². The van der Waals surface area contributed by atoms with Crippen LogP contribution in [0.5, 0.6) is 0 Å². The maximum Gasteiger partial charge on any atom is 0.308 e. The van der Waals surface area contributed by atoms with E-state index in [2.05, 4.69) is 27.7 Å². The fourth-order valence-corrected chi connectivity index (χ4v) is 2.13. The lowest BCUT2D eigenvalue weighted by molar-refractivity contribution is -0.148. The molecular formula is C16H32O2. The van der Waals surface area contributed by atoms with Gasteiger partial charge in [-0.3, -0.25) is 4.79 Å². The molecule has 0 fully saturated rings. The van der Waals surface area contributed by atoms with Crippen LogP contribution in [0.4, 0.5) is 0 Å². The normalized spacial score (nSPS) is 13.1. The van der Waals surface area contributed by atoms with Crippen LogP contribution in [-0.2, 0) is 9.53 Å². The van der Waals surface area contributed by atoms with E-state index in [1.165, 1.54) is 25.7 Å². The molecule has 0 aliphatic heterocycles. The van der Waals surface area contributed by atoms with Gasteiger partial charge in [0.15, 0.2) is 0 Å². The molecule has 2 heteroatoms. The van der Waals surface area contributed by atoms with Crippen LogP contribution in [0.1, 0.15) is 73.1 Å². The fourth-order valence-electron chi connectivity index (χ4n) is 2.13. The number of carbonyl (C=O) groups excluding carboxylic acids is 1. The van der Waals surface area contributed by atoms with E-state index in [4.69, 9.17) is 4.74 Å². The van der Waals surface area contributed by atoms with Crippen molar-refractivity contribution in [3.05, 3.63) is 0 Å². The van der Waals surface area contributed by atoms with Crippen molar-refractivity contribution in [2.45, 2.75) is 73.1 Å². The van der Waals surface area contributed by atoms with Crippen molar-refractivity contribution in [1.82, 2.24) is 0 Å². The Balaban J connectivity index is 3.40. The van der Waals surface area contributed by atoms with Crippen LogP contribution in [0.15, 0.2) is 0 Å². The van der Waals surface area contributed by atoms with Crippen LogP contribution >= 0.6 is 0 Å². The Labute approximate surface area is 113 Å². The number of ether oxygens (including phenoxy) is 1. The first kappa shape index (κ1) is 17.5. The number of unbranched alkanes of at least 4 members (excludes halogenated alkanes) is 3. The van der Waals surface area contributed by atoms with E-state index in [0.29, 0.717) is 12.5 Å². The molecule has 0 aliphatic carbocycles. The quantitative estimate of drug-likeness (QED) is 0.414. The summed E-state index contributed by atoms with van der Waals surface area (Å²) in [6.45, 7) is 11.4. The van der Waals surface area contributed by atoms with Crippen LogP contribution < -0.4 is 0 Å². The Morgan fingerprint density at radius 1 is 0.889 bits per heavy atom. The number of esters is 1. The van der Waals surface area contributed by atoms with Gasteiger partial charge in [-0.1, -0.05) is 60.3 Å². The highest BCUT2D eigenvalue weighted by molar-refractivity contribution is 5.71. The average molecular weight is 256 g/mol. The van der Waals surface area contributed by atoms with Crippen LogP contribution in [0, 0.1) is 17.8 Å². The van der Waals surface area contributed by atoms with Gasteiger partial charge in [-0.15, -0.1) is 0 Å². The smallest absolute Gasteiger partial charge is 0.308 e. The standard InChI is InChI=1S/C16H32O2/c1-13(2)10-8-6-7-9-11-18-16(17)15(5)12-14(3)4/h13-15H,6-12H2,1-5H3. The molecular weight excluding hydrogens is 224 g/mol. The highest BCUT2D eigenvalue weighted by Crippen LogP contribution is 2.13. The Bertz CT molecular complexity index is 209. The minimum Gasteiger partial charge on any atom is -0.465 e. The van der Waals surface area contributed by atoms with Crippen LogP contribution in [0.2, 0.25) is 0 Å². The average Bonchev–Trinajstić information content (AvgIpc) is 2.26. The second kappa shape index (κ2) is 10.4. The molecule has 18 heavy (non-hydrogen) atoms. The second-order valence-electron chi connectivity index (χ2n) is 6.29. The van der Waals surface area contributed by atoms with Crippen molar-refractivity contribution in [1.29, 1.82) is 0 Å². The van der Waals surface area contributed by atoms with Gasteiger partial charge < -0.3 is 4.74 Å². The lowest BCUT2D eigenvalue weighted by atomic mass is 9.99. The number of hydrogen-bond donors (Lipinski definition) is 0. The van der Waals surface area contributed by atoms with E-state index in [1.807, 2.05) is 6.92 Å². The highest BCUT2D eigenvalue weighted by Gasteiger charge is 2.15. The Hall–Kier alpha value is -0.530. The molecule has 0 aliphatic rings. The van der Waals surface area contributed by atoms with Crippen LogP contribution in [0.25, 0.3) is 0 Å². The molecule has 1 atom stereocenters. The summed E-state index contributed by atoms with van der Waals surface area (Å²) < 4.78 is 5.29. The summed E-state index contributed by atoms with van der Waals surface area (Å²) in [5, 5.41) is 0. The lowest BCUT2D eigenvalue weighted by Crippen LogP contribution is -2.17. The summed E-state index contributed by atoms with van der Waals surface area (Å²) in [7, 11) is 0. The van der Waals surface area contributed by atoms with Gasteiger partial charge in [0.25, 0.3) is 0 Å². The molecule has 0 aromatic rings. The molecule has 1 unspecified atom stereocenters. The SMILES string of the molecule is CC(C)CCCCCCOC(=O)C(C)CC(C)C. The summed E-state index contributed by atoms with van der Waals surface area (Å²) in [5.41, 5.74) is 0. The van der Waals surface area contributed by atoms with Crippen LogP contribution in [0.3, 0.4) is 0 Å². The van der Waals surface area contributed by atoms with E-state index >= 15 is 0 Å². The third-order valence-corrected chi connectivity index (χ3v) is 3.15. The number of hydrogen-bond acceptors (Lipinski definition) is 2. The van der Waals surface area contributed by atoms with E-state index in [0.717, 1.165) is 18.8 Å². The third-order valence-electron chi connectivity index (χ3n) is 3.15. The molecule has 0 saturated heterocycles. The van der Waals surface area contributed by atoms with Gasteiger partial charge in [-0.05, 0) is 24.7 Å². The Morgan fingerprint density at radius 3 is 2.06 bits per heavy atom. The van der Waals surface area contributed by atoms with E-state index in [9.17, 15) is 4.79 Å². The molecule has 0 aromatic heterocycles. The predicted molar refractivity (Wildman–Crippen MR) is 77.5 cm³/mol. The Kier molecular flexibility index (Phi) is 10.1. The van der Waals surface area contributed by atoms with Gasteiger partial charge in [0.2, 0.25) is 0 Å². The summed E-state index contributed by atoms with van der Waals surface area (Å²) in [6.07, 6.45) is 6.99. The van der Waals surface area contributed by atoms with Gasteiger partial charge in [-0.2, -0.15) is 0 Å². The van der Waals surface area contributed by atoms with Gasteiger partial charge in [0, 0.05) is 0 Å². The van der Waals surface area contributed by atoms with Crippen molar-refractivity contribution in [2.24, 2.45) is 17.8 Å². The third kappa shape index (κ3) is 10.6. The summed E-state index contributed by atoms with van der Waals surface area (Å²) in [6, 6.07) is 0. The topological polar surface area (TPSA) is 26.3 Å². The number of carbonyl (C=O) groups is 1. The summed E-state index contributed by atoms with van der Waals surface area (Å²) in [5.74, 6) is 1.39. The number of rotatable bonds is 10. The zero-order valence-electron chi connectivity index (χ0n) is 13.0. The van der Waals surface area contributed by atoms with E-state index in [-0.39, 0.29) is 11.9 Å². The molecule has 108 valence electrons. The monoisotopic (exact) mass is 256 g/mol. The maximum atomic E-state index is 11.6. The fraction of sp³-hybridized carbons (Fsp3) is 0.938. The lowest BCUT2D eigenvalue weighted by Gasteiger charge is -2.13. The summed E-state index contributed by atoms with van der Waals surface area (Å²) >= 11 is 0. The maximum absolute atomic E-state index is 11.6. The molecule has 0 heterocycles. The molecule has 0 radical (unpaired) electrons. The zero-order chi connectivity index (χ0) is 14.0. The first-order chi connectivity index (χ1) is 8.43. The summed E-state index contributed by atoms with van der Waals surface area (Å²) in [4.78, 5) is 11.6. The van der Waals surface area contributed by atoms with Crippen molar-refractivity contribution in [3.63, 3.8) is 0 Å². The van der Waals surface area contributed by atoms with Crippen molar-refractivity contribution in [3.8, 4) is 0 Å². The van der Waals surface area contributed by atoms with Crippen molar-refractivity contribution in [2.75, 3.05) is 6.61 Å². The molecule has 0 aromatic carbocycles. The zero-order valence-corrected chi connectivity index (χ0v) is 13.0. The molecule has 0 saturated carbocycles. The first-order valence-corrected chi connectivity index (χ1v) is 7.60. The minimum atomic E-state index is -0.0223. The molecule has 0 rings (SSSR count). The van der Waals surface area contributed by atoms with Crippen LogP contribution in [-0.4, -0.2) is 12.6 Å². The largest absolute Gasteiger partial charge is 0.465 e. The molecule has 2 nitrogen and oxygen atoms in total. The second-order valence-corrected chi connectivity index (χ2v) is 6.29. The van der Waals surface area contributed by atoms with E-state index < -0.39 is 0 Å².